The fraction of sp³-hybridized carbons (Fsp3) is 0. The smallest absolute Gasteiger partial charge is 0.0540 e. The van der Waals surface area contributed by atoms with E-state index < -0.39 is 0 Å². The van der Waals surface area contributed by atoms with Crippen LogP contribution in [0.5, 0.6) is 0 Å². The van der Waals surface area contributed by atoms with Crippen molar-refractivity contribution in [3.63, 3.8) is 0 Å². The van der Waals surface area contributed by atoms with Gasteiger partial charge in [-0.15, -0.1) is 0 Å². The maximum Gasteiger partial charge on any atom is 0.0540 e. The molecule has 6 nitrogen and oxygen atoms in total. The Morgan fingerprint density at radius 1 is 0.0753 bits per heavy atom. The molecule has 0 heterocycles. The topological polar surface area (TPSA) is 19.4 Å². The monoisotopic (exact) mass is 1870 g/mol. The lowest BCUT2D eigenvalue weighted by Crippen LogP contribution is -2.10. The number of nitrogens with zero attached hydrogens (tertiary/aromatic N) is 6. The van der Waals surface area contributed by atoms with Crippen molar-refractivity contribution in [2.75, 3.05) is 29.4 Å². The highest BCUT2D eigenvalue weighted by Crippen LogP contribution is 2.47. The SMILES string of the molecule is c1ccc(N(c2ccc(-c3ccc(-c4ccc(N(c5ccccc5)c5cccc6ccccc56)cc4)cc3)cc2)c2ccc(-c3ccc(-c4ccc(N(c5ccccc5)c5cccc6ccccc56)cc4)cc3)cc2)cc1.c1ccc(N(c2ccccc2)c2ccc(-c3ccc(-c4ccc(N(c5ccccc5)c5ccc(-c6ccc(-c7ccc(N(c8ccccc8)c8ccccc8)cc7)cc6)cc5)cc4)cc3)cc2)cc1. The van der Waals surface area contributed by atoms with Crippen LogP contribution in [0.25, 0.3) is 111 Å². The number of rotatable bonds is 26. The Bertz CT molecular complexity index is 7880. The third-order valence-electron chi connectivity index (χ3n) is 27.3. The molecule has 24 rings (SSSR count). The average molecular weight is 1870 g/mol. The van der Waals surface area contributed by atoms with Gasteiger partial charge in [0.15, 0.2) is 0 Å². The quantitative estimate of drug-likeness (QED) is 0.0534. The Morgan fingerprint density at radius 3 is 0.342 bits per heavy atom. The zero-order valence-electron chi connectivity index (χ0n) is 80.6. The van der Waals surface area contributed by atoms with Gasteiger partial charge in [0.05, 0.1) is 11.4 Å². The second-order valence-corrected chi connectivity index (χ2v) is 36.4. The van der Waals surface area contributed by atoms with Crippen molar-refractivity contribution >= 4 is 124 Å². The average Bonchev–Trinajstić information content (AvgIpc) is 0.772. The molecule has 24 aromatic carbocycles. The molecule has 0 aliphatic rings. The van der Waals surface area contributed by atoms with Crippen LogP contribution >= 0.6 is 0 Å². The maximum atomic E-state index is 2.35. The van der Waals surface area contributed by atoms with E-state index in [1.54, 1.807) is 0 Å². The second kappa shape index (κ2) is 42.3. The molecule has 0 amide bonds. The predicted molar refractivity (Wildman–Crippen MR) is 619 cm³/mol. The Labute approximate surface area is 855 Å². The molecular weight excluding hydrogens is 1770 g/mol. The molecule has 0 spiro atoms. The number of para-hydroxylation sites is 8. The van der Waals surface area contributed by atoms with Crippen LogP contribution < -0.4 is 29.4 Å². The van der Waals surface area contributed by atoms with Gasteiger partial charge in [-0.1, -0.05) is 413 Å². The van der Waals surface area contributed by atoms with Crippen LogP contribution in [0.3, 0.4) is 0 Å². The molecule has 24 aromatic rings. The van der Waals surface area contributed by atoms with Crippen LogP contribution in [0.4, 0.5) is 102 Å². The molecule has 0 bridgehead atoms. The molecule has 0 atom stereocenters. The Balaban J connectivity index is 0.000000162. The van der Waals surface area contributed by atoms with Gasteiger partial charge in [0.1, 0.15) is 0 Å². The lowest BCUT2D eigenvalue weighted by Gasteiger charge is -2.27. The summed E-state index contributed by atoms with van der Waals surface area (Å²) in [4.78, 5) is 13.9. The van der Waals surface area contributed by atoms with E-state index in [0.29, 0.717) is 0 Å². The van der Waals surface area contributed by atoms with Gasteiger partial charge in [0, 0.05) is 102 Å². The fourth-order valence-electron chi connectivity index (χ4n) is 19.9. The Morgan fingerprint density at radius 2 is 0.185 bits per heavy atom. The summed E-state index contributed by atoms with van der Waals surface area (Å²) in [7, 11) is 0. The summed E-state index contributed by atoms with van der Waals surface area (Å²) in [6, 6.07) is 222. The number of fused-ring (bicyclic) bond motifs is 2. The molecule has 0 N–H and O–H groups in total. The van der Waals surface area contributed by atoms with Crippen molar-refractivity contribution in [2.45, 2.75) is 0 Å². The Kier molecular flexibility index (Phi) is 26.2. The van der Waals surface area contributed by atoms with Gasteiger partial charge in [-0.2, -0.15) is 0 Å². The van der Waals surface area contributed by atoms with Crippen LogP contribution in [0.2, 0.25) is 0 Å². The van der Waals surface area contributed by atoms with E-state index in [4.69, 9.17) is 0 Å². The molecule has 146 heavy (non-hydrogen) atoms. The zero-order chi connectivity index (χ0) is 97.5. The molecule has 0 aliphatic heterocycles. The van der Waals surface area contributed by atoms with Crippen molar-refractivity contribution in [3.05, 3.63) is 619 Å². The summed E-state index contributed by atoms with van der Waals surface area (Å²) in [5, 5.41) is 4.88. The van der Waals surface area contributed by atoms with E-state index in [0.717, 1.165) is 102 Å². The minimum Gasteiger partial charge on any atom is -0.311 e. The minimum atomic E-state index is 1.09. The summed E-state index contributed by atoms with van der Waals surface area (Å²) >= 11 is 0. The normalized spacial score (nSPS) is 11.0. The van der Waals surface area contributed by atoms with Gasteiger partial charge < -0.3 is 29.4 Å². The summed E-state index contributed by atoms with van der Waals surface area (Å²) in [5.41, 5.74) is 39.0. The molecule has 0 saturated heterocycles. The van der Waals surface area contributed by atoms with Crippen LogP contribution in [0.1, 0.15) is 0 Å². The lowest BCUT2D eigenvalue weighted by molar-refractivity contribution is 1.28. The first-order valence-electron chi connectivity index (χ1n) is 49.8. The van der Waals surface area contributed by atoms with Crippen molar-refractivity contribution in [1.29, 1.82) is 0 Å². The zero-order valence-corrected chi connectivity index (χ0v) is 80.6. The molecule has 0 aliphatic carbocycles. The van der Waals surface area contributed by atoms with Crippen LogP contribution in [-0.2, 0) is 0 Å². The van der Waals surface area contributed by atoms with Crippen molar-refractivity contribution in [3.8, 4) is 89.0 Å². The maximum absolute atomic E-state index is 2.35. The Hall–Kier alpha value is -19.4. The van der Waals surface area contributed by atoms with E-state index in [1.165, 1.54) is 111 Å². The van der Waals surface area contributed by atoms with Gasteiger partial charge in [-0.3, -0.25) is 0 Å². The fourth-order valence-corrected chi connectivity index (χ4v) is 19.9. The number of benzene rings is 24. The summed E-state index contributed by atoms with van der Waals surface area (Å²) in [6.45, 7) is 0. The van der Waals surface area contributed by atoms with E-state index >= 15 is 0 Å². The van der Waals surface area contributed by atoms with Gasteiger partial charge >= 0.3 is 0 Å². The van der Waals surface area contributed by atoms with Crippen molar-refractivity contribution in [2.24, 2.45) is 0 Å². The van der Waals surface area contributed by atoms with E-state index in [9.17, 15) is 0 Å². The standard InChI is InChI=1S/C74H53N3.C66H49N3/c1-4-20-64(21-5-1)75(67-46-38-58(39-47-67)54-30-34-56(35-31-54)60-42-50-69(51-43-60)76(65-22-6-2-7-23-65)73-28-14-18-62-16-10-12-26-71(62)73)68-48-40-59(41-49-68)55-32-36-57(37-33-55)61-44-52-70(53-45-61)77(66-24-8-3-9-25-66)74-29-15-19-63-17-11-13-27-72(63)74;1-6-16-58(17-7-1)67(59-18-8-2-9-19-59)63-42-34-54(35-43-63)50-26-30-52(31-27-50)56-38-46-65(47-39-56)69(62-24-14-5-15-25-62)66-48-40-57(41-49-66)53-32-28-51(29-33-53)55-36-44-64(45-37-55)68(60-20-10-3-11-21-60)61-22-12-4-13-23-61/h1-53H;1-49H. The first kappa shape index (κ1) is 90.4. The number of hydrogen-bond acceptors (Lipinski definition) is 6. The molecule has 0 radical (unpaired) electrons. The van der Waals surface area contributed by atoms with Crippen LogP contribution in [0.15, 0.2) is 619 Å². The summed E-state index contributed by atoms with van der Waals surface area (Å²) in [5.74, 6) is 0. The summed E-state index contributed by atoms with van der Waals surface area (Å²) in [6.07, 6.45) is 0. The second-order valence-electron chi connectivity index (χ2n) is 36.4. The number of hydrogen-bond donors (Lipinski definition) is 0. The predicted octanol–water partition coefficient (Wildman–Crippen LogP) is 39.8. The number of anilines is 18. The van der Waals surface area contributed by atoms with Gasteiger partial charge in [-0.05, 0) is 306 Å². The molecule has 0 fully saturated rings. The highest BCUT2D eigenvalue weighted by Gasteiger charge is 2.23. The van der Waals surface area contributed by atoms with E-state index in [2.05, 4.69) is 648 Å². The highest BCUT2D eigenvalue weighted by atomic mass is 15.2. The van der Waals surface area contributed by atoms with Crippen molar-refractivity contribution < 1.29 is 0 Å². The first-order valence-corrected chi connectivity index (χ1v) is 49.8. The third kappa shape index (κ3) is 19.7. The van der Waals surface area contributed by atoms with Gasteiger partial charge in [-0.25, -0.2) is 0 Å². The largest absolute Gasteiger partial charge is 0.311 e. The highest BCUT2D eigenvalue weighted by molar-refractivity contribution is 6.01. The molecule has 0 saturated carbocycles. The molecular formula is C140H102N6. The van der Waals surface area contributed by atoms with Crippen LogP contribution in [-0.4, -0.2) is 0 Å². The van der Waals surface area contributed by atoms with Crippen molar-refractivity contribution in [1.82, 2.24) is 0 Å². The lowest BCUT2D eigenvalue weighted by atomic mass is 9.99. The van der Waals surface area contributed by atoms with Gasteiger partial charge in [0.25, 0.3) is 0 Å². The van der Waals surface area contributed by atoms with E-state index in [1.807, 2.05) is 0 Å². The van der Waals surface area contributed by atoms with Gasteiger partial charge in [0.2, 0.25) is 0 Å². The third-order valence-corrected chi connectivity index (χ3v) is 27.3. The molecule has 0 unspecified atom stereocenters. The first-order chi connectivity index (χ1) is 72.4. The van der Waals surface area contributed by atoms with Crippen LogP contribution in [0, 0.1) is 0 Å². The molecule has 6 heteroatoms. The molecule has 0 aromatic heterocycles. The summed E-state index contributed by atoms with van der Waals surface area (Å²) < 4.78 is 0. The van der Waals surface area contributed by atoms with E-state index in [-0.39, 0.29) is 0 Å². The molecule has 692 valence electrons. The minimum absolute atomic E-state index is 1.09.